The second-order valence-corrected chi connectivity index (χ2v) is 5.79. The van der Waals surface area contributed by atoms with Crippen molar-refractivity contribution in [2.24, 2.45) is 29.4 Å². The van der Waals surface area contributed by atoms with Gasteiger partial charge in [-0.15, -0.1) is 0 Å². The van der Waals surface area contributed by atoms with E-state index in [2.05, 4.69) is 0 Å². The lowest BCUT2D eigenvalue weighted by molar-refractivity contribution is -0.186. The molecule has 1 aliphatic rings. The molecular weight excluding hydrogens is 243 g/mol. The molecule has 108 valence electrons. The van der Waals surface area contributed by atoms with Gasteiger partial charge >= 0.3 is 6.18 Å². The Morgan fingerprint density at radius 1 is 1.17 bits per heavy atom. The Balaban J connectivity index is 2.52. The van der Waals surface area contributed by atoms with Gasteiger partial charge in [-0.2, -0.15) is 13.2 Å². The lowest BCUT2D eigenvalue weighted by Crippen LogP contribution is -2.40. The van der Waals surface area contributed by atoms with E-state index in [0.717, 1.165) is 0 Å². The van der Waals surface area contributed by atoms with Gasteiger partial charge in [0.1, 0.15) is 0 Å². The monoisotopic (exact) mass is 267 g/mol. The minimum Gasteiger partial charge on any atom is -0.392 e. The average molecular weight is 267 g/mol. The highest BCUT2D eigenvalue weighted by atomic mass is 19.4. The third-order valence-corrected chi connectivity index (χ3v) is 4.28. The van der Waals surface area contributed by atoms with Crippen LogP contribution in [0, 0.1) is 23.7 Å². The Morgan fingerprint density at radius 3 is 2.00 bits per heavy atom. The molecule has 1 fully saturated rings. The molecular formula is C13H24F3NO. The maximum absolute atomic E-state index is 12.5. The summed E-state index contributed by atoms with van der Waals surface area (Å²) in [6.07, 6.45) is -3.46. The molecule has 0 heterocycles. The van der Waals surface area contributed by atoms with E-state index >= 15 is 0 Å². The summed E-state index contributed by atoms with van der Waals surface area (Å²) in [6, 6.07) is 0. The van der Waals surface area contributed by atoms with Crippen molar-refractivity contribution < 1.29 is 18.3 Å². The van der Waals surface area contributed by atoms with Crippen LogP contribution in [-0.2, 0) is 0 Å². The molecule has 1 aliphatic carbocycles. The molecule has 1 rings (SSSR count). The SMILES string of the molecule is CC(C)C(CN)C(O)C1CCC(C(F)(F)F)CC1. The summed E-state index contributed by atoms with van der Waals surface area (Å²) in [5.41, 5.74) is 5.64. The largest absolute Gasteiger partial charge is 0.392 e. The van der Waals surface area contributed by atoms with E-state index in [-0.39, 0.29) is 30.6 Å². The van der Waals surface area contributed by atoms with Crippen molar-refractivity contribution in [3.63, 3.8) is 0 Å². The number of aliphatic hydroxyl groups is 1. The minimum absolute atomic E-state index is 0.0163. The van der Waals surface area contributed by atoms with E-state index in [9.17, 15) is 18.3 Å². The smallest absolute Gasteiger partial charge is 0.391 e. The van der Waals surface area contributed by atoms with Gasteiger partial charge in [0, 0.05) is 0 Å². The van der Waals surface area contributed by atoms with Crippen LogP contribution in [0.25, 0.3) is 0 Å². The highest BCUT2D eigenvalue weighted by molar-refractivity contribution is 4.85. The second kappa shape index (κ2) is 6.24. The van der Waals surface area contributed by atoms with Crippen LogP contribution in [0.2, 0.25) is 0 Å². The number of hydrogen-bond donors (Lipinski definition) is 2. The molecule has 0 radical (unpaired) electrons. The number of halogens is 3. The van der Waals surface area contributed by atoms with Crippen molar-refractivity contribution in [3.8, 4) is 0 Å². The van der Waals surface area contributed by atoms with E-state index in [1.165, 1.54) is 0 Å². The van der Waals surface area contributed by atoms with Crippen LogP contribution in [-0.4, -0.2) is 23.9 Å². The van der Waals surface area contributed by atoms with Gasteiger partial charge in [-0.05, 0) is 50.0 Å². The summed E-state index contributed by atoms with van der Waals surface area (Å²) < 4.78 is 37.6. The van der Waals surface area contributed by atoms with Crippen molar-refractivity contribution in [3.05, 3.63) is 0 Å². The van der Waals surface area contributed by atoms with Crippen molar-refractivity contribution in [2.45, 2.75) is 51.8 Å². The van der Waals surface area contributed by atoms with Crippen LogP contribution in [0.4, 0.5) is 13.2 Å². The molecule has 0 aromatic heterocycles. The Bertz CT molecular complexity index is 247. The maximum atomic E-state index is 12.5. The van der Waals surface area contributed by atoms with Gasteiger partial charge in [0.15, 0.2) is 0 Å². The maximum Gasteiger partial charge on any atom is 0.391 e. The van der Waals surface area contributed by atoms with Crippen molar-refractivity contribution in [1.82, 2.24) is 0 Å². The van der Waals surface area contributed by atoms with Gasteiger partial charge in [0.05, 0.1) is 12.0 Å². The summed E-state index contributed by atoms with van der Waals surface area (Å²) in [7, 11) is 0. The zero-order valence-electron chi connectivity index (χ0n) is 11.1. The Kier molecular flexibility index (Phi) is 5.46. The molecule has 0 saturated heterocycles. The predicted molar refractivity (Wildman–Crippen MR) is 64.9 cm³/mol. The fraction of sp³-hybridized carbons (Fsp3) is 1.00. The number of hydrogen-bond acceptors (Lipinski definition) is 2. The number of alkyl halides is 3. The molecule has 2 atom stereocenters. The van der Waals surface area contributed by atoms with E-state index < -0.39 is 18.2 Å². The molecule has 0 amide bonds. The molecule has 1 saturated carbocycles. The van der Waals surface area contributed by atoms with Crippen molar-refractivity contribution in [2.75, 3.05) is 6.54 Å². The summed E-state index contributed by atoms with van der Waals surface area (Å²) in [5, 5.41) is 10.2. The average Bonchev–Trinajstić information content (AvgIpc) is 2.28. The summed E-state index contributed by atoms with van der Waals surface area (Å²) in [4.78, 5) is 0. The Labute approximate surface area is 107 Å². The lowest BCUT2D eigenvalue weighted by Gasteiger charge is -2.36. The standard InChI is InChI=1S/C13H24F3NO/c1-8(2)11(7-17)12(18)9-3-5-10(6-4-9)13(14,15)16/h8-12,18H,3-7,17H2,1-2H3. The molecule has 0 aromatic carbocycles. The summed E-state index contributed by atoms with van der Waals surface area (Å²) >= 11 is 0. The lowest BCUT2D eigenvalue weighted by atomic mass is 9.74. The minimum atomic E-state index is -4.08. The summed E-state index contributed by atoms with van der Waals surface area (Å²) in [5.74, 6) is -0.973. The molecule has 0 bridgehead atoms. The number of nitrogens with two attached hydrogens (primary N) is 1. The molecule has 3 N–H and O–H groups in total. The first-order valence-electron chi connectivity index (χ1n) is 6.72. The van der Waals surface area contributed by atoms with Crippen molar-refractivity contribution >= 4 is 0 Å². The number of aliphatic hydroxyl groups excluding tert-OH is 1. The quantitative estimate of drug-likeness (QED) is 0.822. The topological polar surface area (TPSA) is 46.2 Å². The van der Waals surface area contributed by atoms with Crippen LogP contribution in [0.3, 0.4) is 0 Å². The van der Waals surface area contributed by atoms with Crippen LogP contribution < -0.4 is 5.73 Å². The predicted octanol–water partition coefficient (Wildman–Crippen LogP) is 2.95. The Hall–Kier alpha value is -0.290. The van der Waals surface area contributed by atoms with Gasteiger partial charge in [0.25, 0.3) is 0 Å². The molecule has 2 unspecified atom stereocenters. The fourth-order valence-corrected chi connectivity index (χ4v) is 2.94. The van der Waals surface area contributed by atoms with Crippen LogP contribution >= 0.6 is 0 Å². The van der Waals surface area contributed by atoms with E-state index in [1.54, 1.807) is 0 Å². The third-order valence-electron chi connectivity index (χ3n) is 4.28. The highest BCUT2D eigenvalue weighted by Crippen LogP contribution is 2.41. The first-order chi connectivity index (χ1) is 8.27. The Morgan fingerprint density at radius 2 is 1.67 bits per heavy atom. The van der Waals surface area contributed by atoms with Crippen LogP contribution in [0.1, 0.15) is 39.5 Å². The molecule has 0 aliphatic heterocycles. The molecule has 18 heavy (non-hydrogen) atoms. The zero-order chi connectivity index (χ0) is 13.9. The molecule has 0 spiro atoms. The molecule has 5 heteroatoms. The highest BCUT2D eigenvalue weighted by Gasteiger charge is 2.43. The van der Waals surface area contributed by atoms with E-state index in [1.807, 2.05) is 13.8 Å². The van der Waals surface area contributed by atoms with Gasteiger partial charge in [-0.1, -0.05) is 13.8 Å². The van der Waals surface area contributed by atoms with Crippen LogP contribution in [0.5, 0.6) is 0 Å². The molecule has 2 nitrogen and oxygen atoms in total. The normalized spacial score (nSPS) is 29.3. The first-order valence-corrected chi connectivity index (χ1v) is 6.72. The zero-order valence-corrected chi connectivity index (χ0v) is 11.1. The third kappa shape index (κ3) is 3.85. The van der Waals surface area contributed by atoms with Crippen molar-refractivity contribution in [1.29, 1.82) is 0 Å². The van der Waals surface area contributed by atoms with Gasteiger partial charge < -0.3 is 10.8 Å². The second-order valence-electron chi connectivity index (χ2n) is 5.79. The number of rotatable bonds is 4. The van der Waals surface area contributed by atoms with Gasteiger partial charge in [-0.25, -0.2) is 0 Å². The van der Waals surface area contributed by atoms with Gasteiger partial charge in [-0.3, -0.25) is 0 Å². The summed E-state index contributed by atoms with van der Waals surface area (Å²) in [6.45, 7) is 4.36. The van der Waals surface area contributed by atoms with Gasteiger partial charge in [0.2, 0.25) is 0 Å². The first kappa shape index (κ1) is 15.8. The van der Waals surface area contributed by atoms with E-state index in [4.69, 9.17) is 5.73 Å². The fourth-order valence-electron chi connectivity index (χ4n) is 2.94. The van der Waals surface area contributed by atoms with Crippen LogP contribution in [0.15, 0.2) is 0 Å². The molecule has 0 aromatic rings. The van der Waals surface area contributed by atoms with E-state index in [0.29, 0.717) is 19.4 Å².